The van der Waals surface area contributed by atoms with Gasteiger partial charge in [-0.3, -0.25) is 4.79 Å². The van der Waals surface area contributed by atoms with E-state index in [0.29, 0.717) is 19.4 Å². The van der Waals surface area contributed by atoms with E-state index in [1.165, 1.54) is 5.56 Å². The minimum atomic E-state index is -0.0291. The number of benzene rings is 1. The fourth-order valence-electron chi connectivity index (χ4n) is 2.20. The summed E-state index contributed by atoms with van der Waals surface area (Å²) in [5.74, 6) is 1.08. The highest BCUT2D eigenvalue weighted by Crippen LogP contribution is 2.33. The standard InChI is InChI=1S/C14H18BrNO2/c1-2-12(16)8-13(17)7-10-6-11(15)5-9-3-4-18-14(9)10/h5-6,12H,2-4,7-8,16H2,1H3. The third kappa shape index (κ3) is 3.12. The highest BCUT2D eigenvalue weighted by Gasteiger charge is 2.19. The molecule has 0 saturated heterocycles. The quantitative estimate of drug-likeness (QED) is 0.909. The molecule has 4 heteroatoms. The number of hydrogen-bond donors (Lipinski definition) is 1. The molecule has 1 atom stereocenters. The molecule has 0 spiro atoms. The van der Waals surface area contributed by atoms with Gasteiger partial charge in [0.2, 0.25) is 0 Å². The van der Waals surface area contributed by atoms with Crippen LogP contribution >= 0.6 is 15.9 Å². The van der Waals surface area contributed by atoms with Crippen LogP contribution in [0.2, 0.25) is 0 Å². The van der Waals surface area contributed by atoms with Crippen LogP contribution in [-0.2, 0) is 17.6 Å². The highest BCUT2D eigenvalue weighted by molar-refractivity contribution is 9.10. The van der Waals surface area contributed by atoms with Gasteiger partial charge in [0, 0.05) is 35.3 Å². The molecule has 2 N–H and O–H groups in total. The summed E-state index contributed by atoms with van der Waals surface area (Å²) in [5.41, 5.74) is 7.97. The summed E-state index contributed by atoms with van der Waals surface area (Å²) < 4.78 is 6.62. The highest BCUT2D eigenvalue weighted by atomic mass is 79.9. The van der Waals surface area contributed by atoms with Crippen LogP contribution in [0.3, 0.4) is 0 Å². The summed E-state index contributed by atoms with van der Waals surface area (Å²) >= 11 is 3.48. The van der Waals surface area contributed by atoms with Crippen LogP contribution < -0.4 is 10.5 Å². The Morgan fingerprint density at radius 1 is 1.56 bits per heavy atom. The smallest absolute Gasteiger partial charge is 0.138 e. The molecule has 0 amide bonds. The lowest BCUT2D eigenvalue weighted by molar-refractivity contribution is -0.118. The number of halogens is 1. The average molecular weight is 312 g/mol. The predicted molar refractivity (Wildman–Crippen MR) is 74.9 cm³/mol. The van der Waals surface area contributed by atoms with Crippen molar-refractivity contribution in [2.45, 2.75) is 38.6 Å². The summed E-state index contributed by atoms with van der Waals surface area (Å²) in [4.78, 5) is 11.9. The number of ketones is 1. The fourth-order valence-corrected chi connectivity index (χ4v) is 2.75. The topological polar surface area (TPSA) is 52.3 Å². The van der Waals surface area contributed by atoms with Gasteiger partial charge in [-0.2, -0.15) is 0 Å². The Bertz CT molecular complexity index is 459. The van der Waals surface area contributed by atoms with Crippen LogP contribution in [0.25, 0.3) is 0 Å². The van der Waals surface area contributed by atoms with Gasteiger partial charge in [-0.25, -0.2) is 0 Å². The molecule has 18 heavy (non-hydrogen) atoms. The monoisotopic (exact) mass is 311 g/mol. The van der Waals surface area contributed by atoms with E-state index >= 15 is 0 Å². The zero-order valence-electron chi connectivity index (χ0n) is 10.5. The largest absolute Gasteiger partial charge is 0.493 e. The van der Waals surface area contributed by atoms with Crippen molar-refractivity contribution in [1.82, 2.24) is 0 Å². The Morgan fingerprint density at radius 3 is 3.06 bits per heavy atom. The zero-order chi connectivity index (χ0) is 13.1. The molecular formula is C14H18BrNO2. The van der Waals surface area contributed by atoms with Crippen molar-refractivity contribution < 1.29 is 9.53 Å². The second-order valence-corrected chi connectivity index (χ2v) is 5.66. The fraction of sp³-hybridized carbons (Fsp3) is 0.500. The number of rotatable bonds is 5. The first-order valence-corrected chi connectivity index (χ1v) is 7.10. The maximum Gasteiger partial charge on any atom is 0.138 e. The number of carbonyl (C=O) groups is 1. The van der Waals surface area contributed by atoms with Crippen LogP contribution in [0.5, 0.6) is 5.75 Å². The molecule has 1 heterocycles. The molecule has 3 nitrogen and oxygen atoms in total. The minimum Gasteiger partial charge on any atom is -0.493 e. The average Bonchev–Trinajstić information content (AvgIpc) is 2.76. The maximum atomic E-state index is 11.9. The van der Waals surface area contributed by atoms with Crippen LogP contribution in [-0.4, -0.2) is 18.4 Å². The van der Waals surface area contributed by atoms with E-state index in [9.17, 15) is 4.79 Å². The van der Waals surface area contributed by atoms with Gasteiger partial charge in [0.15, 0.2) is 0 Å². The number of hydrogen-bond acceptors (Lipinski definition) is 3. The second-order valence-electron chi connectivity index (χ2n) is 4.74. The van der Waals surface area contributed by atoms with E-state index in [4.69, 9.17) is 10.5 Å². The van der Waals surface area contributed by atoms with Gasteiger partial charge in [0.25, 0.3) is 0 Å². The molecule has 1 aliphatic heterocycles. The maximum absolute atomic E-state index is 11.9. The molecule has 0 bridgehead atoms. The van der Waals surface area contributed by atoms with Crippen LogP contribution in [0.1, 0.15) is 30.9 Å². The first kappa shape index (κ1) is 13.6. The number of Topliss-reactive ketones (excluding diaryl/α,β-unsaturated/α-hetero) is 1. The third-order valence-electron chi connectivity index (χ3n) is 3.23. The summed E-state index contributed by atoms with van der Waals surface area (Å²) in [5, 5.41) is 0. The molecule has 1 aromatic rings. The molecule has 1 aromatic carbocycles. The van der Waals surface area contributed by atoms with Crippen molar-refractivity contribution >= 4 is 21.7 Å². The summed E-state index contributed by atoms with van der Waals surface area (Å²) in [6, 6.07) is 4.01. The molecule has 2 rings (SSSR count). The van der Waals surface area contributed by atoms with E-state index in [2.05, 4.69) is 22.0 Å². The normalized spacial score (nSPS) is 15.1. The van der Waals surface area contributed by atoms with E-state index in [-0.39, 0.29) is 11.8 Å². The van der Waals surface area contributed by atoms with E-state index in [0.717, 1.165) is 28.6 Å². The molecule has 98 valence electrons. The van der Waals surface area contributed by atoms with Crippen molar-refractivity contribution in [2.75, 3.05) is 6.61 Å². The Hall–Kier alpha value is -0.870. The van der Waals surface area contributed by atoms with E-state index in [1.54, 1.807) is 0 Å². The van der Waals surface area contributed by atoms with Crippen molar-refractivity contribution in [3.8, 4) is 5.75 Å². The van der Waals surface area contributed by atoms with Gasteiger partial charge in [-0.1, -0.05) is 22.9 Å². The molecule has 1 unspecified atom stereocenters. The van der Waals surface area contributed by atoms with Crippen molar-refractivity contribution in [3.63, 3.8) is 0 Å². The molecule has 0 aliphatic carbocycles. The molecule has 0 aromatic heterocycles. The third-order valence-corrected chi connectivity index (χ3v) is 3.69. The van der Waals surface area contributed by atoms with Gasteiger partial charge >= 0.3 is 0 Å². The lowest BCUT2D eigenvalue weighted by Gasteiger charge is -2.10. The number of fused-ring (bicyclic) bond motifs is 1. The van der Waals surface area contributed by atoms with Gasteiger partial charge in [0.05, 0.1) is 6.61 Å². The SMILES string of the molecule is CCC(N)CC(=O)Cc1cc(Br)cc2c1OCC2. The Morgan fingerprint density at radius 2 is 2.33 bits per heavy atom. The Labute approximate surface area is 116 Å². The van der Waals surface area contributed by atoms with Gasteiger partial charge < -0.3 is 10.5 Å². The molecule has 1 aliphatic rings. The van der Waals surface area contributed by atoms with Crippen LogP contribution in [0, 0.1) is 0 Å². The van der Waals surface area contributed by atoms with Crippen LogP contribution in [0.4, 0.5) is 0 Å². The molecule has 0 fully saturated rings. The molecule has 0 saturated carbocycles. The molecular weight excluding hydrogens is 294 g/mol. The van der Waals surface area contributed by atoms with Crippen molar-refractivity contribution in [2.24, 2.45) is 5.73 Å². The van der Waals surface area contributed by atoms with Crippen LogP contribution in [0.15, 0.2) is 16.6 Å². The van der Waals surface area contributed by atoms with E-state index in [1.807, 2.05) is 13.0 Å². The Kier molecular flexibility index (Phi) is 4.40. The van der Waals surface area contributed by atoms with Gasteiger partial charge in [-0.05, 0) is 24.1 Å². The van der Waals surface area contributed by atoms with Gasteiger partial charge in [0.1, 0.15) is 11.5 Å². The number of carbonyl (C=O) groups excluding carboxylic acids is 1. The minimum absolute atomic E-state index is 0.0291. The summed E-state index contributed by atoms with van der Waals surface area (Å²) in [6.07, 6.45) is 2.61. The summed E-state index contributed by atoms with van der Waals surface area (Å²) in [6.45, 7) is 2.71. The van der Waals surface area contributed by atoms with Crippen molar-refractivity contribution in [1.29, 1.82) is 0 Å². The number of ether oxygens (including phenoxy) is 1. The Balaban J connectivity index is 2.12. The van der Waals surface area contributed by atoms with Gasteiger partial charge in [-0.15, -0.1) is 0 Å². The first-order valence-electron chi connectivity index (χ1n) is 6.31. The second kappa shape index (κ2) is 5.85. The lowest BCUT2D eigenvalue weighted by atomic mass is 10.00. The zero-order valence-corrected chi connectivity index (χ0v) is 12.1. The molecule has 0 radical (unpaired) electrons. The van der Waals surface area contributed by atoms with Crippen molar-refractivity contribution in [3.05, 3.63) is 27.7 Å². The summed E-state index contributed by atoms with van der Waals surface area (Å²) in [7, 11) is 0. The number of nitrogens with two attached hydrogens (primary N) is 1. The first-order chi connectivity index (χ1) is 8.60. The lowest BCUT2D eigenvalue weighted by Crippen LogP contribution is -2.23. The predicted octanol–water partition coefficient (Wildman–Crippen LogP) is 2.62. The van der Waals surface area contributed by atoms with E-state index < -0.39 is 0 Å².